The van der Waals surface area contributed by atoms with Gasteiger partial charge in [-0.3, -0.25) is 0 Å². The van der Waals surface area contributed by atoms with Crippen LogP contribution in [0.15, 0.2) is 12.1 Å². The van der Waals surface area contributed by atoms with E-state index in [1.54, 1.807) is 7.11 Å². The van der Waals surface area contributed by atoms with Crippen LogP contribution in [0.2, 0.25) is 0 Å². The maximum atomic E-state index is 5.63. The van der Waals surface area contributed by atoms with Crippen LogP contribution in [0.5, 0.6) is 11.6 Å². The molecule has 1 saturated carbocycles. The average molecular weight is 194 g/mol. The van der Waals surface area contributed by atoms with Crippen molar-refractivity contribution >= 4 is 5.82 Å². The first-order valence-corrected chi connectivity index (χ1v) is 4.73. The van der Waals surface area contributed by atoms with E-state index < -0.39 is 0 Å². The Bertz CT molecular complexity index is 324. The maximum absolute atomic E-state index is 5.63. The number of nitrogens with zero attached hydrogens (tertiary/aromatic N) is 1. The summed E-state index contributed by atoms with van der Waals surface area (Å²) >= 11 is 0. The largest absolute Gasteiger partial charge is 0.485 e. The van der Waals surface area contributed by atoms with E-state index in [0.717, 1.165) is 24.4 Å². The highest BCUT2D eigenvalue weighted by atomic mass is 16.5. The van der Waals surface area contributed by atoms with Crippen LogP contribution in [0.4, 0.5) is 5.82 Å². The minimum absolute atomic E-state index is 0.367. The standard InChI is InChI=1S/C10H14N2O2/c1-11-9-6-5-8(10(12-9)13-2)14-7-3-4-7/h5-7H,3-4H2,1-2H3,(H,11,12). The van der Waals surface area contributed by atoms with Crippen LogP contribution in [0.3, 0.4) is 0 Å². The van der Waals surface area contributed by atoms with Crippen molar-refractivity contribution in [2.24, 2.45) is 0 Å². The first-order valence-electron chi connectivity index (χ1n) is 4.73. The third-order valence-electron chi connectivity index (χ3n) is 2.09. The number of hydrogen-bond donors (Lipinski definition) is 1. The summed E-state index contributed by atoms with van der Waals surface area (Å²) in [6.45, 7) is 0. The summed E-state index contributed by atoms with van der Waals surface area (Å²) in [6, 6.07) is 3.76. The van der Waals surface area contributed by atoms with Gasteiger partial charge >= 0.3 is 0 Å². The Morgan fingerprint density at radius 3 is 2.79 bits per heavy atom. The molecule has 0 saturated heterocycles. The summed E-state index contributed by atoms with van der Waals surface area (Å²) < 4.78 is 10.8. The molecule has 0 spiro atoms. The van der Waals surface area contributed by atoms with Gasteiger partial charge in [0.2, 0.25) is 0 Å². The zero-order valence-corrected chi connectivity index (χ0v) is 8.41. The number of methoxy groups -OCH3 is 1. The maximum Gasteiger partial charge on any atom is 0.258 e. The molecule has 2 rings (SSSR count). The van der Waals surface area contributed by atoms with Crippen LogP contribution in [-0.4, -0.2) is 25.2 Å². The van der Waals surface area contributed by atoms with Gasteiger partial charge in [0.1, 0.15) is 5.82 Å². The molecule has 0 amide bonds. The van der Waals surface area contributed by atoms with Crippen LogP contribution in [0, 0.1) is 0 Å². The van der Waals surface area contributed by atoms with E-state index >= 15 is 0 Å². The normalized spacial score (nSPS) is 15.0. The van der Waals surface area contributed by atoms with Crippen molar-refractivity contribution in [3.63, 3.8) is 0 Å². The number of aromatic nitrogens is 1. The second kappa shape index (κ2) is 3.74. The van der Waals surface area contributed by atoms with Crippen LogP contribution in [0.25, 0.3) is 0 Å². The number of hydrogen-bond acceptors (Lipinski definition) is 4. The molecule has 1 fully saturated rings. The lowest BCUT2D eigenvalue weighted by Gasteiger charge is -2.09. The van der Waals surface area contributed by atoms with Gasteiger partial charge in [0, 0.05) is 7.05 Å². The fraction of sp³-hybridized carbons (Fsp3) is 0.500. The van der Waals surface area contributed by atoms with E-state index in [1.807, 2.05) is 19.2 Å². The van der Waals surface area contributed by atoms with Crippen LogP contribution < -0.4 is 14.8 Å². The monoisotopic (exact) mass is 194 g/mol. The molecular weight excluding hydrogens is 180 g/mol. The van der Waals surface area contributed by atoms with Crippen LogP contribution in [0.1, 0.15) is 12.8 Å². The number of rotatable bonds is 4. The molecule has 0 atom stereocenters. The highest BCUT2D eigenvalue weighted by Gasteiger charge is 2.25. The fourth-order valence-corrected chi connectivity index (χ4v) is 1.17. The molecular formula is C10H14N2O2. The first-order chi connectivity index (χ1) is 6.83. The van der Waals surface area contributed by atoms with Crippen molar-refractivity contribution in [3.8, 4) is 11.6 Å². The molecule has 4 nitrogen and oxygen atoms in total. The van der Waals surface area contributed by atoms with Crippen molar-refractivity contribution in [3.05, 3.63) is 12.1 Å². The molecule has 0 unspecified atom stereocenters. The van der Waals surface area contributed by atoms with Gasteiger partial charge in [0.25, 0.3) is 5.88 Å². The van der Waals surface area contributed by atoms with E-state index in [2.05, 4.69) is 10.3 Å². The molecule has 1 aliphatic carbocycles. The van der Waals surface area contributed by atoms with Gasteiger partial charge in [0.05, 0.1) is 13.2 Å². The van der Waals surface area contributed by atoms with Crippen LogP contribution >= 0.6 is 0 Å². The fourth-order valence-electron chi connectivity index (χ4n) is 1.17. The third kappa shape index (κ3) is 1.89. The molecule has 0 aromatic carbocycles. The highest BCUT2D eigenvalue weighted by molar-refractivity contribution is 5.44. The Balaban J connectivity index is 2.19. The number of ether oxygens (including phenoxy) is 2. The first kappa shape index (κ1) is 9.12. The number of anilines is 1. The van der Waals surface area contributed by atoms with Gasteiger partial charge < -0.3 is 14.8 Å². The van der Waals surface area contributed by atoms with Gasteiger partial charge in [-0.25, -0.2) is 0 Å². The zero-order chi connectivity index (χ0) is 9.97. The molecule has 1 aromatic rings. The Hall–Kier alpha value is -1.45. The lowest BCUT2D eigenvalue weighted by atomic mass is 10.4. The third-order valence-corrected chi connectivity index (χ3v) is 2.09. The van der Waals surface area contributed by atoms with Gasteiger partial charge in [-0.1, -0.05) is 0 Å². The summed E-state index contributed by atoms with van der Waals surface area (Å²) in [5, 5.41) is 2.95. The SMILES string of the molecule is CNc1ccc(OC2CC2)c(OC)n1. The summed E-state index contributed by atoms with van der Waals surface area (Å²) in [5.74, 6) is 2.06. The molecule has 1 aromatic heterocycles. The Kier molecular flexibility index (Phi) is 2.43. The Morgan fingerprint density at radius 1 is 1.43 bits per heavy atom. The lowest BCUT2D eigenvalue weighted by molar-refractivity contribution is 0.277. The highest BCUT2D eigenvalue weighted by Crippen LogP contribution is 2.32. The summed E-state index contributed by atoms with van der Waals surface area (Å²) in [4.78, 5) is 4.23. The smallest absolute Gasteiger partial charge is 0.258 e. The molecule has 1 aliphatic rings. The van der Waals surface area contributed by atoms with E-state index in [4.69, 9.17) is 9.47 Å². The second-order valence-electron chi connectivity index (χ2n) is 3.27. The number of pyridine rings is 1. The lowest BCUT2D eigenvalue weighted by Crippen LogP contribution is -2.01. The summed E-state index contributed by atoms with van der Waals surface area (Å²) in [7, 11) is 3.42. The van der Waals surface area contributed by atoms with Crippen LogP contribution in [-0.2, 0) is 0 Å². The van der Waals surface area contributed by atoms with Crippen molar-refractivity contribution in [1.29, 1.82) is 0 Å². The Labute approximate surface area is 83.2 Å². The summed E-state index contributed by atoms with van der Waals surface area (Å²) in [6.07, 6.45) is 2.64. The van der Waals surface area contributed by atoms with E-state index in [1.165, 1.54) is 0 Å². The van der Waals surface area contributed by atoms with Gasteiger partial charge in [0.15, 0.2) is 5.75 Å². The molecule has 0 aliphatic heterocycles. The zero-order valence-electron chi connectivity index (χ0n) is 8.41. The Morgan fingerprint density at radius 2 is 2.21 bits per heavy atom. The second-order valence-corrected chi connectivity index (χ2v) is 3.27. The van der Waals surface area contributed by atoms with Crippen molar-refractivity contribution in [2.75, 3.05) is 19.5 Å². The quantitative estimate of drug-likeness (QED) is 0.791. The van der Waals surface area contributed by atoms with Crippen molar-refractivity contribution in [2.45, 2.75) is 18.9 Å². The van der Waals surface area contributed by atoms with Gasteiger partial charge in [-0.2, -0.15) is 4.98 Å². The van der Waals surface area contributed by atoms with Gasteiger partial charge in [-0.15, -0.1) is 0 Å². The summed E-state index contributed by atoms with van der Waals surface area (Å²) in [5.41, 5.74) is 0. The predicted octanol–water partition coefficient (Wildman–Crippen LogP) is 1.67. The molecule has 0 bridgehead atoms. The molecule has 1 heterocycles. The van der Waals surface area contributed by atoms with Crippen molar-refractivity contribution < 1.29 is 9.47 Å². The minimum Gasteiger partial charge on any atom is -0.485 e. The molecule has 14 heavy (non-hydrogen) atoms. The minimum atomic E-state index is 0.367. The molecule has 4 heteroatoms. The van der Waals surface area contributed by atoms with E-state index in [9.17, 15) is 0 Å². The van der Waals surface area contributed by atoms with E-state index in [-0.39, 0.29) is 0 Å². The predicted molar refractivity (Wildman–Crippen MR) is 54.0 cm³/mol. The van der Waals surface area contributed by atoms with Crippen molar-refractivity contribution in [1.82, 2.24) is 4.98 Å². The van der Waals surface area contributed by atoms with Gasteiger partial charge in [-0.05, 0) is 25.0 Å². The molecule has 0 radical (unpaired) electrons. The molecule has 1 N–H and O–H groups in total. The number of nitrogens with one attached hydrogen (secondary N) is 1. The van der Waals surface area contributed by atoms with E-state index in [0.29, 0.717) is 12.0 Å². The topological polar surface area (TPSA) is 43.4 Å². The molecule has 76 valence electrons. The average Bonchev–Trinajstić information content (AvgIpc) is 3.02.